The van der Waals surface area contributed by atoms with Crippen LogP contribution in [0, 0.1) is 0 Å². The van der Waals surface area contributed by atoms with Gasteiger partial charge in [0.25, 0.3) is 5.89 Å². The molecule has 2 aromatic heterocycles. The zero-order valence-corrected chi connectivity index (χ0v) is 16.6. The highest BCUT2D eigenvalue weighted by molar-refractivity contribution is 7.92. The van der Waals surface area contributed by atoms with Gasteiger partial charge in [-0.3, -0.25) is 0 Å². The Bertz CT molecular complexity index is 1220. The van der Waals surface area contributed by atoms with E-state index in [-0.39, 0.29) is 12.4 Å². The molecule has 0 aliphatic carbocycles. The number of thiazole rings is 1. The number of fused-ring (bicyclic) bond motifs is 1. The van der Waals surface area contributed by atoms with Gasteiger partial charge in [0, 0.05) is 5.56 Å². The van der Waals surface area contributed by atoms with Crippen LogP contribution in [0.5, 0.6) is 0 Å². The Morgan fingerprint density at radius 1 is 1.10 bits per heavy atom. The third kappa shape index (κ3) is 4.10. The lowest BCUT2D eigenvalue weighted by Crippen LogP contribution is -2.29. The van der Waals surface area contributed by atoms with Crippen molar-refractivity contribution in [2.45, 2.75) is 13.0 Å². The van der Waals surface area contributed by atoms with Gasteiger partial charge in [-0.25, -0.2) is 17.7 Å². The largest absolute Gasteiger partial charge is 0.415 e. The summed E-state index contributed by atoms with van der Waals surface area (Å²) in [7, 11) is -3.58. The minimum Gasteiger partial charge on any atom is -0.415 e. The molecule has 0 aliphatic rings. The van der Waals surface area contributed by atoms with E-state index in [4.69, 9.17) is 4.42 Å². The summed E-state index contributed by atoms with van der Waals surface area (Å²) in [5.74, 6) is -0.777. The van der Waals surface area contributed by atoms with Crippen molar-refractivity contribution in [3.63, 3.8) is 0 Å². The van der Waals surface area contributed by atoms with Crippen LogP contribution < -0.4 is 4.31 Å². The second kappa shape index (κ2) is 7.48. The van der Waals surface area contributed by atoms with Gasteiger partial charge in [-0.05, 0) is 29.8 Å². The third-order valence-electron chi connectivity index (χ3n) is 4.05. The summed E-state index contributed by atoms with van der Waals surface area (Å²) < 4.78 is 56.9. The standard InChI is InChI=1S/C18H14F2N4O3S2/c1-29(25,26)24(18-21-13-4-2-3-5-14(13)28-18)10-11-6-8-12(9-7-11)16-22-23-17(27-16)15(19)20/h2-9,15H,10H2,1H3. The number of anilines is 1. The Kier molecular flexibility index (Phi) is 5.01. The minimum absolute atomic E-state index is 0.0296. The number of sulfonamides is 1. The number of alkyl halides is 2. The fraction of sp³-hybridized carbons (Fsp3) is 0.167. The molecular weight excluding hydrogens is 422 g/mol. The van der Waals surface area contributed by atoms with Crippen LogP contribution in [0.25, 0.3) is 21.7 Å². The molecule has 0 aliphatic heterocycles. The van der Waals surface area contributed by atoms with Crippen LogP contribution >= 0.6 is 11.3 Å². The summed E-state index contributed by atoms with van der Waals surface area (Å²) in [6, 6.07) is 14.0. The van der Waals surface area contributed by atoms with Gasteiger partial charge in [-0.2, -0.15) is 8.78 Å². The molecule has 4 aromatic rings. The minimum atomic E-state index is -3.58. The topological polar surface area (TPSA) is 89.2 Å². The first-order chi connectivity index (χ1) is 13.8. The summed E-state index contributed by atoms with van der Waals surface area (Å²) in [4.78, 5) is 4.42. The normalized spacial score (nSPS) is 12.0. The molecule has 2 heterocycles. The Morgan fingerprint density at radius 2 is 1.83 bits per heavy atom. The zero-order chi connectivity index (χ0) is 20.6. The van der Waals surface area contributed by atoms with Crippen molar-refractivity contribution < 1.29 is 21.6 Å². The second-order valence-corrected chi connectivity index (χ2v) is 9.09. The molecule has 4 rings (SSSR count). The summed E-state index contributed by atoms with van der Waals surface area (Å²) in [6.07, 6.45) is -1.72. The first-order valence-electron chi connectivity index (χ1n) is 8.35. The number of para-hydroxylation sites is 1. The van der Waals surface area contributed by atoms with Crippen molar-refractivity contribution in [2.75, 3.05) is 10.6 Å². The SMILES string of the molecule is CS(=O)(=O)N(Cc1ccc(-c2nnc(C(F)F)o2)cc1)c1nc2ccccc2s1. The van der Waals surface area contributed by atoms with Crippen LogP contribution in [0.4, 0.5) is 13.9 Å². The van der Waals surface area contributed by atoms with Crippen molar-refractivity contribution >= 4 is 36.7 Å². The number of aromatic nitrogens is 3. The van der Waals surface area contributed by atoms with Gasteiger partial charge in [0.05, 0.1) is 23.0 Å². The van der Waals surface area contributed by atoms with E-state index in [2.05, 4.69) is 15.2 Å². The number of hydrogen-bond donors (Lipinski definition) is 0. The average molecular weight is 436 g/mol. The third-order valence-corrected chi connectivity index (χ3v) is 6.33. The van der Waals surface area contributed by atoms with Crippen LogP contribution in [-0.2, 0) is 16.6 Å². The number of hydrogen-bond acceptors (Lipinski definition) is 7. The van der Waals surface area contributed by atoms with Gasteiger partial charge in [-0.1, -0.05) is 35.6 Å². The van der Waals surface area contributed by atoms with E-state index < -0.39 is 22.3 Å². The number of benzene rings is 2. The molecular formula is C18H14F2N4O3S2. The lowest BCUT2D eigenvalue weighted by Gasteiger charge is -2.19. The van der Waals surface area contributed by atoms with E-state index in [1.54, 1.807) is 24.3 Å². The highest BCUT2D eigenvalue weighted by Crippen LogP contribution is 2.31. The van der Waals surface area contributed by atoms with Crippen molar-refractivity contribution in [1.82, 2.24) is 15.2 Å². The fourth-order valence-corrected chi connectivity index (χ4v) is 4.75. The molecule has 0 saturated carbocycles. The maximum absolute atomic E-state index is 12.6. The summed E-state index contributed by atoms with van der Waals surface area (Å²) in [5.41, 5.74) is 1.87. The van der Waals surface area contributed by atoms with Crippen molar-refractivity contribution in [3.8, 4) is 11.5 Å². The zero-order valence-electron chi connectivity index (χ0n) is 15.0. The number of rotatable bonds is 6. The Balaban J connectivity index is 1.61. The van der Waals surface area contributed by atoms with Gasteiger partial charge in [-0.15, -0.1) is 10.2 Å². The first-order valence-corrected chi connectivity index (χ1v) is 11.0. The maximum atomic E-state index is 12.6. The highest BCUT2D eigenvalue weighted by atomic mass is 32.2. The first kappa shape index (κ1) is 19.4. The molecule has 0 saturated heterocycles. The molecule has 150 valence electrons. The lowest BCUT2D eigenvalue weighted by atomic mass is 10.1. The van der Waals surface area contributed by atoms with E-state index in [0.29, 0.717) is 16.3 Å². The molecule has 0 amide bonds. The van der Waals surface area contributed by atoms with Gasteiger partial charge >= 0.3 is 6.43 Å². The second-order valence-electron chi connectivity index (χ2n) is 6.18. The molecule has 0 N–H and O–H groups in total. The summed E-state index contributed by atoms with van der Waals surface area (Å²) in [5, 5.41) is 7.26. The molecule has 0 unspecified atom stereocenters. The van der Waals surface area contributed by atoms with E-state index in [0.717, 1.165) is 16.5 Å². The van der Waals surface area contributed by atoms with E-state index in [1.165, 1.54) is 15.6 Å². The lowest BCUT2D eigenvalue weighted by molar-refractivity contribution is 0.116. The van der Waals surface area contributed by atoms with Gasteiger partial charge in [0.2, 0.25) is 21.0 Å². The van der Waals surface area contributed by atoms with Crippen LogP contribution in [0.15, 0.2) is 52.9 Å². The molecule has 0 atom stereocenters. The summed E-state index contributed by atoms with van der Waals surface area (Å²) in [6.45, 7) is 0.0745. The Hall–Kier alpha value is -2.92. The van der Waals surface area contributed by atoms with Gasteiger partial charge < -0.3 is 4.42 Å². The average Bonchev–Trinajstić information content (AvgIpc) is 3.32. The fourth-order valence-electron chi connectivity index (χ4n) is 2.65. The van der Waals surface area contributed by atoms with Crippen LogP contribution in [0.3, 0.4) is 0 Å². The maximum Gasteiger partial charge on any atom is 0.314 e. The highest BCUT2D eigenvalue weighted by Gasteiger charge is 2.22. The predicted octanol–water partition coefficient (Wildman–Crippen LogP) is 4.25. The quantitative estimate of drug-likeness (QED) is 0.449. The molecule has 0 fully saturated rings. The molecule has 29 heavy (non-hydrogen) atoms. The molecule has 2 aromatic carbocycles. The molecule has 0 radical (unpaired) electrons. The van der Waals surface area contributed by atoms with Crippen molar-refractivity contribution in [3.05, 3.63) is 60.0 Å². The Labute approximate surface area is 168 Å². The van der Waals surface area contributed by atoms with Crippen LogP contribution in [0.2, 0.25) is 0 Å². The number of nitrogens with zero attached hydrogens (tertiary/aromatic N) is 4. The van der Waals surface area contributed by atoms with Gasteiger partial charge in [0.15, 0.2) is 0 Å². The molecule has 7 nitrogen and oxygen atoms in total. The molecule has 11 heteroatoms. The van der Waals surface area contributed by atoms with Gasteiger partial charge in [0.1, 0.15) is 0 Å². The summed E-state index contributed by atoms with van der Waals surface area (Å²) >= 11 is 1.29. The van der Waals surface area contributed by atoms with Crippen LogP contribution in [-0.4, -0.2) is 29.9 Å². The predicted molar refractivity (Wildman–Crippen MR) is 105 cm³/mol. The monoisotopic (exact) mass is 436 g/mol. The van der Waals surface area contributed by atoms with Crippen LogP contribution in [0.1, 0.15) is 17.9 Å². The van der Waals surface area contributed by atoms with E-state index in [9.17, 15) is 17.2 Å². The molecule has 0 bridgehead atoms. The van der Waals surface area contributed by atoms with E-state index in [1.807, 2.05) is 24.3 Å². The number of halogens is 2. The Morgan fingerprint density at radius 3 is 2.45 bits per heavy atom. The smallest absolute Gasteiger partial charge is 0.314 e. The molecule has 0 spiro atoms. The van der Waals surface area contributed by atoms with Crippen molar-refractivity contribution in [2.24, 2.45) is 0 Å². The van der Waals surface area contributed by atoms with E-state index >= 15 is 0 Å². The van der Waals surface area contributed by atoms with Crippen molar-refractivity contribution in [1.29, 1.82) is 0 Å².